The maximum atomic E-state index is 11.6. The van der Waals surface area contributed by atoms with Crippen LogP contribution in [0, 0.1) is 0 Å². The van der Waals surface area contributed by atoms with Gasteiger partial charge in [0.05, 0.1) is 13.2 Å². The zero-order chi connectivity index (χ0) is 15.7. The number of benzene rings is 1. The fraction of sp³-hybridized carbons (Fsp3) is 0.429. The third kappa shape index (κ3) is 6.57. The highest BCUT2D eigenvalue weighted by atomic mass is 35.5. The lowest BCUT2D eigenvalue weighted by Crippen LogP contribution is -2.44. The molecule has 21 heavy (non-hydrogen) atoms. The number of halogens is 1. The number of ether oxygens (including phenoxy) is 2. The molecule has 0 aliphatic carbocycles. The summed E-state index contributed by atoms with van der Waals surface area (Å²) in [4.78, 5) is 22.8. The van der Waals surface area contributed by atoms with Crippen LogP contribution in [0.2, 0.25) is 5.02 Å². The maximum absolute atomic E-state index is 11.6. The number of carboxylic acid groups (broad SMARTS) is 1. The molecule has 0 radical (unpaired) electrons. The first kappa shape index (κ1) is 17.4. The number of methoxy groups -OCH3 is 1. The van der Waals surface area contributed by atoms with Crippen LogP contribution in [0.3, 0.4) is 0 Å². The zero-order valence-electron chi connectivity index (χ0n) is 11.7. The van der Waals surface area contributed by atoms with Gasteiger partial charge in [-0.05, 0) is 11.6 Å². The van der Waals surface area contributed by atoms with E-state index in [0.29, 0.717) is 17.2 Å². The summed E-state index contributed by atoms with van der Waals surface area (Å²) >= 11 is 5.98. The second-order valence-corrected chi connectivity index (χ2v) is 4.71. The largest absolute Gasteiger partial charge is 0.480 e. The molecule has 1 amide bonds. The van der Waals surface area contributed by atoms with E-state index < -0.39 is 17.9 Å². The third-order valence-corrected chi connectivity index (χ3v) is 3.05. The molecule has 0 spiro atoms. The Bertz CT molecular complexity index is 480. The monoisotopic (exact) mass is 315 g/mol. The minimum atomic E-state index is -1.12. The molecule has 2 N–H and O–H groups in total. The number of hydrogen-bond acceptors (Lipinski definition) is 4. The lowest BCUT2D eigenvalue weighted by molar-refractivity contribution is -0.142. The van der Waals surface area contributed by atoms with Crippen LogP contribution in [0.25, 0.3) is 0 Å². The van der Waals surface area contributed by atoms with Crippen molar-refractivity contribution in [3.8, 4) is 0 Å². The molecule has 0 unspecified atom stereocenters. The second-order valence-electron chi connectivity index (χ2n) is 4.30. The maximum Gasteiger partial charge on any atom is 0.326 e. The lowest BCUT2D eigenvalue weighted by atomic mass is 10.1. The van der Waals surface area contributed by atoms with E-state index in [1.54, 1.807) is 24.3 Å². The van der Waals surface area contributed by atoms with Crippen LogP contribution in [0.15, 0.2) is 24.3 Å². The van der Waals surface area contributed by atoms with E-state index in [1.807, 2.05) is 0 Å². The molecule has 0 aromatic heterocycles. The number of aliphatic carboxylic acids is 1. The van der Waals surface area contributed by atoms with E-state index in [1.165, 1.54) is 7.11 Å². The van der Waals surface area contributed by atoms with E-state index in [4.69, 9.17) is 26.2 Å². The Morgan fingerprint density at radius 3 is 2.67 bits per heavy atom. The van der Waals surface area contributed by atoms with Crippen molar-refractivity contribution in [3.63, 3.8) is 0 Å². The highest BCUT2D eigenvalue weighted by molar-refractivity contribution is 6.31. The topological polar surface area (TPSA) is 84.9 Å². The molecule has 0 saturated carbocycles. The van der Waals surface area contributed by atoms with Gasteiger partial charge in [0, 0.05) is 18.6 Å². The van der Waals surface area contributed by atoms with Gasteiger partial charge in [0.2, 0.25) is 5.91 Å². The Hall–Kier alpha value is -1.63. The van der Waals surface area contributed by atoms with Crippen molar-refractivity contribution in [2.75, 3.05) is 26.9 Å². The molecular weight excluding hydrogens is 298 g/mol. The summed E-state index contributed by atoms with van der Waals surface area (Å²) in [7, 11) is 1.52. The standard InChI is InChI=1S/C14H18ClNO5/c1-20-6-7-21-9-13(17)16-12(14(18)19)8-10-4-2-3-5-11(10)15/h2-5,12H,6-9H2,1H3,(H,16,17)(H,18,19)/t12-/m1/s1. The first-order chi connectivity index (χ1) is 10.0. The number of carbonyl (C=O) groups excluding carboxylic acids is 1. The van der Waals surface area contributed by atoms with Gasteiger partial charge < -0.3 is 19.9 Å². The van der Waals surface area contributed by atoms with Crippen molar-refractivity contribution < 1.29 is 24.2 Å². The van der Waals surface area contributed by atoms with Crippen molar-refractivity contribution in [1.82, 2.24) is 5.32 Å². The van der Waals surface area contributed by atoms with Crippen LogP contribution in [0.1, 0.15) is 5.56 Å². The number of amides is 1. The molecule has 1 atom stereocenters. The normalized spacial score (nSPS) is 11.9. The molecule has 0 fully saturated rings. The Balaban J connectivity index is 2.52. The molecule has 0 bridgehead atoms. The van der Waals surface area contributed by atoms with Crippen LogP contribution < -0.4 is 5.32 Å². The van der Waals surface area contributed by atoms with Crippen LogP contribution in [0.4, 0.5) is 0 Å². The van der Waals surface area contributed by atoms with E-state index >= 15 is 0 Å². The highest BCUT2D eigenvalue weighted by Gasteiger charge is 2.21. The molecule has 0 aliphatic rings. The van der Waals surface area contributed by atoms with E-state index in [9.17, 15) is 9.59 Å². The molecule has 1 rings (SSSR count). The minimum Gasteiger partial charge on any atom is -0.480 e. The lowest BCUT2D eigenvalue weighted by Gasteiger charge is -2.15. The highest BCUT2D eigenvalue weighted by Crippen LogP contribution is 2.16. The molecule has 7 heteroatoms. The van der Waals surface area contributed by atoms with Gasteiger partial charge in [-0.25, -0.2) is 4.79 Å². The van der Waals surface area contributed by atoms with Crippen molar-refractivity contribution in [2.24, 2.45) is 0 Å². The van der Waals surface area contributed by atoms with Gasteiger partial charge in [-0.2, -0.15) is 0 Å². The number of nitrogens with one attached hydrogen (secondary N) is 1. The summed E-state index contributed by atoms with van der Waals surface area (Å²) < 4.78 is 9.80. The molecule has 0 heterocycles. The van der Waals surface area contributed by atoms with Crippen LogP contribution in [-0.2, 0) is 25.5 Å². The summed E-state index contributed by atoms with van der Waals surface area (Å²) in [5, 5.41) is 12.0. The van der Waals surface area contributed by atoms with Crippen molar-refractivity contribution in [2.45, 2.75) is 12.5 Å². The van der Waals surface area contributed by atoms with Gasteiger partial charge in [0.15, 0.2) is 0 Å². The summed E-state index contributed by atoms with van der Waals surface area (Å²) in [5.74, 6) is -1.62. The van der Waals surface area contributed by atoms with E-state index in [-0.39, 0.29) is 19.6 Å². The minimum absolute atomic E-state index is 0.110. The van der Waals surface area contributed by atoms with Gasteiger partial charge in [-0.3, -0.25) is 4.79 Å². The van der Waals surface area contributed by atoms with Crippen molar-refractivity contribution in [1.29, 1.82) is 0 Å². The SMILES string of the molecule is COCCOCC(=O)N[C@H](Cc1ccccc1Cl)C(=O)O. The predicted molar refractivity (Wildman–Crippen MR) is 77.4 cm³/mol. The van der Waals surface area contributed by atoms with Gasteiger partial charge >= 0.3 is 5.97 Å². The second kappa shape index (κ2) is 9.33. The number of rotatable bonds is 9. The van der Waals surface area contributed by atoms with Crippen LogP contribution in [-0.4, -0.2) is 50.0 Å². The Morgan fingerprint density at radius 2 is 2.05 bits per heavy atom. The Morgan fingerprint density at radius 1 is 1.33 bits per heavy atom. The summed E-state index contributed by atoms with van der Waals surface area (Å²) in [5.41, 5.74) is 0.659. The summed E-state index contributed by atoms with van der Waals surface area (Å²) in [6.45, 7) is 0.428. The molecular formula is C14H18ClNO5. The molecule has 6 nitrogen and oxygen atoms in total. The molecule has 1 aromatic rings. The first-order valence-electron chi connectivity index (χ1n) is 6.37. The van der Waals surface area contributed by atoms with Crippen molar-refractivity contribution >= 4 is 23.5 Å². The van der Waals surface area contributed by atoms with E-state index in [2.05, 4.69) is 5.32 Å². The van der Waals surface area contributed by atoms with Gasteiger partial charge in [0.1, 0.15) is 12.6 Å². The van der Waals surface area contributed by atoms with Crippen molar-refractivity contribution in [3.05, 3.63) is 34.9 Å². The number of carbonyl (C=O) groups is 2. The average Bonchev–Trinajstić information content (AvgIpc) is 2.45. The van der Waals surface area contributed by atoms with Gasteiger partial charge in [-0.1, -0.05) is 29.8 Å². The first-order valence-corrected chi connectivity index (χ1v) is 6.74. The summed E-state index contributed by atoms with van der Waals surface area (Å²) in [6.07, 6.45) is 0.110. The van der Waals surface area contributed by atoms with Gasteiger partial charge in [0.25, 0.3) is 0 Å². The van der Waals surface area contributed by atoms with Crippen LogP contribution >= 0.6 is 11.6 Å². The average molecular weight is 316 g/mol. The fourth-order valence-corrected chi connectivity index (χ4v) is 1.84. The predicted octanol–water partition coefficient (Wildman–Crippen LogP) is 1.11. The molecule has 0 aliphatic heterocycles. The Labute approximate surface area is 128 Å². The van der Waals surface area contributed by atoms with Gasteiger partial charge in [-0.15, -0.1) is 0 Å². The Kier molecular flexibility index (Phi) is 7.74. The quantitative estimate of drug-likeness (QED) is 0.667. The number of hydrogen-bond donors (Lipinski definition) is 2. The molecule has 1 aromatic carbocycles. The summed E-state index contributed by atoms with van der Waals surface area (Å²) in [6, 6.07) is 5.85. The molecule has 116 valence electrons. The van der Waals surface area contributed by atoms with E-state index in [0.717, 1.165) is 0 Å². The third-order valence-electron chi connectivity index (χ3n) is 2.68. The smallest absolute Gasteiger partial charge is 0.326 e. The van der Waals surface area contributed by atoms with Crippen LogP contribution in [0.5, 0.6) is 0 Å². The fourth-order valence-electron chi connectivity index (χ4n) is 1.63. The zero-order valence-corrected chi connectivity index (χ0v) is 12.4. The number of carboxylic acids is 1. The molecule has 0 saturated heterocycles.